The number of hydrogen-bond acceptors (Lipinski definition) is 4. The van der Waals surface area contributed by atoms with Crippen molar-refractivity contribution in [3.63, 3.8) is 0 Å². The van der Waals surface area contributed by atoms with Crippen LogP contribution in [0.15, 0.2) is 45.9 Å². The Labute approximate surface area is 141 Å². The number of anilines is 1. The molecule has 0 amide bonds. The SMILES string of the molecule is Cc1ccc(N(C)S(=O)(=O)c2ccc(-c3n[nH]c(C)c3C)o2)cc1. The first-order chi connectivity index (χ1) is 11.3. The first-order valence-electron chi connectivity index (χ1n) is 7.48. The van der Waals surface area contributed by atoms with Crippen molar-refractivity contribution in [2.45, 2.75) is 25.9 Å². The van der Waals surface area contributed by atoms with E-state index in [-0.39, 0.29) is 5.09 Å². The van der Waals surface area contributed by atoms with Gasteiger partial charge in [-0.3, -0.25) is 9.40 Å². The molecule has 0 saturated carbocycles. The van der Waals surface area contributed by atoms with Gasteiger partial charge < -0.3 is 4.42 Å². The van der Waals surface area contributed by atoms with Crippen molar-refractivity contribution in [1.29, 1.82) is 0 Å². The molecule has 0 aliphatic rings. The number of H-pyrrole nitrogens is 1. The van der Waals surface area contributed by atoms with Crippen molar-refractivity contribution in [2.24, 2.45) is 0 Å². The molecule has 126 valence electrons. The highest BCUT2D eigenvalue weighted by Gasteiger charge is 2.26. The third kappa shape index (κ3) is 2.71. The maximum Gasteiger partial charge on any atom is 0.297 e. The van der Waals surface area contributed by atoms with Gasteiger partial charge in [-0.05, 0) is 45.0 Å². The Hall–Kier alpha value is -2.54. The van der Waals surface area contributed by atoms with Gasteiger partial charge in [-0.15, -0.1) is 0 Å². The summed E-state index contributed by atoms with van der Waals surface area (Å²) in [6.45, 7) is 5.76. The fourth-order valence-corrected chi connectivity index (χ4v) is 3.44. The summed E-state index contributed by atoms with van der Waals surface area (Å²) in [5.74, 6) is 0.424. The number of rotatable bonds is 4. The molecular formula is C17H19N3O3S. The zero-order valence-corrected chi connectivity index (χ0v) is 14.8. The minimum Gasteiger partial charge on any atom is -0.441 e. The lowest BCUT2D eigenvalue weighted by Crippen LogP contribution is -2.26. The van der Waals surface area contributed by atoms with Crippen LogP contribution in [0.25, 0.3) is 11.5 Å². The number of aromatic nitrogens is 2. The van der Waals surface area contributed by atoms with Crippen molar-refractivity contribution in [3.8, 4) is 11.5 Å². The van der Waals surface area contributed by atoms with E-state index < -0.39 is 10.0 Å². The maximum absolute atomic E-state index is 12.8. The Morgan fingerprint density at radius 3 is 2.29 bits per heavy atom. The third-order valence-electron chi connectivity index (χ3n) is 4.08. The Kier molecular flexibility index (Phi) is 3.96. The number of hydrogen-bond donors (Lipinski definition) is 1. The van der Waals surface area contributed by atoms with E-state index in [2.05, 4.69) is 10.2 Å². The van der Waals surface area contributed by atoms with Crippen molar-refractivity contribution in [2.75, 3.05) is 11.4 Å². The molecule has 0 fully saturated rings. The molecule has 2 heterocycles. The van der Waals surface area contributed by atoms with Gasteiger partial charge in [0.1, 0.15) is 5.69 Å². The van der Waals surface area contributed by atoms with Crippen LogP contribution in [0.5, 0.6) is 0 Å². The van der Waals surface area contributed by atoms with Gasteiger partial charge in [0, 0.05) is 18.3 Å². The van der Waals surface area contributed by atoms with Crippen LogP contribution in [-0.2, 0) is 10.0 Å². The summed E-state index contributed by atoms with van der Waals surface area (Å²) in [6, 6.07) is 10.3. The van der Waals surface area contributed by atoms with Gasteiger partial charge in [-0.25, -0.2) is 0 Å². The first kappa shape index (κ1) is 16.3. The molecule has 0 spiro atoms. The van der Waals surface area contributed by atoms with E-state index >= 15 is 0 Å². The van der Waals surface area contributed by atoms with Crippen LogP contribution in [0.3, 0.4) is 0 Å². The van der Waals surface area contributed by atoms with E-state index in [0.717, 1.165) is 16.8 Å². The van der Waals surface area contributed by atoms with Gasteiger partial charge in [0.2, 0.25) is 5.09 Å². The molecule has 24 heavy (non-hydrogen) atoms. The zero-order valence-electron chi connectivity index (χ0n) is 14.0. The number of benzene rings is 1. The van der Waals surface area contributed by atoms with Crippen molar-refractivity contribution < 1.29 is 12.8 Å². The molecule has 0 unspecified atom stereocenters. The second-order valence-electron chi connectivity index (χ2n) is 5.75. The average molecular weight is 345 g/mol. The van der Waals surface area contributed by atoms with Gasteiger partial charge in [-0.2, -0.15) is 13.5 Å². The molecule has 0 radical (unpaired) electrons. The summed E-state index contributed by atoms with van der Waals surface area (Å²) >= 11 is 0. The molecule has 1 aromatic carbocycles. The monoisotopic (exact) mass is 345 g/mol. The molecule has 0 aliphatic heterocycles. The molecule has 7 heteroatoms. The number of nitrogens with zero attached hydrogens (tertiary/aromatic N) is 2. The normalized spacial score (nSPS) is 11.7. The minimum absolute atomic E-state index is 0.111. The molecular weight excluding hydrogens is 326 g/mol. The first-order valence-corrected chi connectivity index (χ1v) is 8.92. The van der Waals surface area contributed by atoms with Crippen LogP contribution in [0, 0.1) is 20.8 Å². The predicted molar refractivity (Wildman–Crippen MR) is 92.5 cm³/mol. The molecule has 3 rings (SSSR count). The molecule has 6 nitrogen and oxygen atoms in total. The summed E-state index contributed by atoms with van der Waals surface area (Å²) in [5.41, 5.74) is 4.11. The number of aryl methyl sites for hydroxylation is 2. The van der Waals surface area contributed by atoms with Crippen molar-refractivity contribution in [1.82, 2.24) is 10.2 Å². The van der Waals surface area contributed by atoms with Crippen LogP contribution in [0.1, 0.15) is 16.8 Å². The molecule has 0 aliphatic carbocycles. The average Bonchev–Trinajstić information content (AvgIpc) is 3.16. The lowest BCUT2D eigenvalue weighted by molar-refractivity contribution is 0.459. The Morgan fingerprint density at radius 1 is 1.04 bits per heavy atom. The van der Waals surface area contributed by atoms with E-state index in [0.29, 0.717) is 17.1 Å². The molecule has 0 atom stereocenters. The molecule has 2 aromatic heterocycles. The molecule has 0 saturated heterocycles. The maximum atomic E-state index is 12.8. The number of aromatic amines is 1. The fraction of sp³-hybridized carbons (Fsp3) is 0.235. The number of sulfonamides is 1. The highest BCUT2D eigenvalue weighted by atomic mass is 32.2. The standard InChI is InChI=1S/C17H19N3O3S/c1-11-5-7-14(8-6-11)20(4)24(21,22)16-10-9-15(23-16)17-12(2)13(3)18-19-17/h5-10H,1-4H3,(H,18,19). The number of furan rings is 1. The third-order valence-corrected chi connectivity index (χ3v) is 5.74. The Balaban J connectivity index is 1.96. The van der Waals surface area contributed by atoms with E-state index in [4.69, 9.17) is 4.42 Å². The number of nitrogens with one attached hydrogen (secondary N) is 1. The van der Waals surface area contributed by atoms with Crippen molar-refractivity contribution in [3.05, 3.63) is 53.2 Å². The highest BCUT2D eigenvalue weighted by molar-refractivity contribution is 7.92. The Bertz CT molecular complexity index is 969. The van der Waals surface area contributed by atoms with Crippen LogP contribution < -0.4 is 4.31 Å². The van der Waals surface area contributed by atoms with Crippen LogP contribution in [0.2, 0.25) is 0 Å². The van der Waals surface area contributed by atoms with Gasteiger partial charge in [0.15, 0.2) is 5.76 Å². The fourth-order valence-electron chi connectivity index (χ4n) is 2.34. The second kappa shape index (κ2) is 5.83. The molecule has 1 N–H and O–H groups in total. The second-order valence-corrected chi connectivity index (χ2v) is 7.65. The summed E-state index contributed by atoms with van der Waals surface area (Å²) in [4.78, 5) is 0. The van der Waals surface area contributed by atoms with Gasteiger partial charge in [-0.1, -0.05) is 17.7 Å². The predicted octanol–water partition coefficient (Wildman–Crippen LogP) is 3.42. The van der Waals surface area contributed by atoms with E-state index in [1.165, 1.54) is 17.4 Å². The quantitative estimate of drug-likeness (QED) is 0.786. The van der Waals surface area contributed by atoms with E-state index in [9.17, 15) is 8.42 Å². The van der Waals surface area contributed by atoms with Crippen LogP contribution in [0.4, 0.5) is 5.69 Å². The zero-order chi connectivity index (χ0) is 17.5. The van der Waals surface area contributed by atoms with Crippen LogP contribution in [-0.4, -0.2) is 25.7 Å². The van der Waals surface area contributed by atoms with E-state index in [1.54, 1.807) is 18.2 Å². The largest absolute Gasteiger partial charge is 0.441 e. The summed E-state index contributed by atoms with van der Waals surface area (Å²) in [5, 5.41) is 6.92. The summed E-state index contributed by atoms with van der Waals surface area (Å²) in [7, 11) is -2.26. The van der Waals surface area contributed by atoms with Gasteiger partial charge in [0.05, 0.1) is 5.69 Å². The lowest BCUT2D eigenvalue weighted by atomic mass is 10.2. The minimum atomic E-state index is -3.77. The summed E-state index contributed by atoms with van der Waals surface area (Å²) in [6.07, 6.45) is 0. The van der Waals surface area contributed by atoms with E-state index in [1.807, 2.05) is 32.9 Å². The van der Waals surface area contributed by atoms with Crippen LogP contribution >= 0.6 is 0 Å². The Morgan fingerprint density at radius 2 is 1.71 bits per heavy atom. The lowest BCUT2D eigenvalue weighted by Gasteiger charge is -2.17. The molecule has 3 aromatic rings. The smallest absolute Gasteiger partial charge is 0.297 e. The summed E-state index contributed by atoms with van der Waals surface area (Å²) < 4.78 is 32.3. The van der Waals surface area contributed by atoms with Gasteiger partial charge >= 0.3 is 0 Å². The van der Waals surface area contributed by atoms with Crippen molar-refractivity contribution >= 4 is 15.7 Å². The highest BCUT2D eigenvalue weighted by Crippen LogP contribution is 2.29. The topological polar surface area (TPSA) is 79.2 Å². The van der Waals surface area contributed by atoms with Gasteiger partial charge in [0.25, 0.3) is 10.0 Å². The molecule has 0 bridgehead atoms.